The fraction of sp³-hybridized carbons (Fsp3) is 0.0556. The number of nitrogens with zero attached hydrogens (tertiary/aromatic N) is 2. The number of benzene rings is 2. The van der Waals surface area contributed by atoms with Crippen molar-refractivity contribution in [1.82, 2.24) is 15.6 Å². The first-order valence-corrected chi connectivity index (χ1v) is 7.33. The average molecular weight is 322 g/mol. The SMILES string of the molecule is Cc1cccc(C(=O)N/N=C/c2[nH]ncc2-c2ccc(F)cc2)c1. The second-order valence-corrected chi connectivity index (χ2v) is 5.27. The largest absolute Gasteiger partial charge is 0.276 e. The molecule has 6 heteroatoms. The van der Waals surface area contributed by atoms with Crippen molar-refractivity contribution >= 4 is 12.1 Å². The highest BCUT2D eigenvalue weighted by Gasteiger charge is 2.07. The first kappa shape index (κ1) is 15.6. The van der Waals surface area contributed by atoms with Crippen LogP contribution in [0.3, 0.4) is 0 Å². The molecule has 0 saturated heterocycles. The molecule has 1 heterocycles. The Labute approximate surface area is 138 Å². The van der Waals surface area contributed by atoms with Crippen LogP contribution >= 0.6 is 0 Å². The van der Waals surface area contributed by atoms with E-state index in [9.17, 15) is 9.18 Å². The molecule has 0 atom stereocenters. The Morgan fingerprint density at radius 2 is 2.04 bits per heavy atom. The third kappa shape index (κ3) is 3.55. The summed E-state index contributed by atoms with van der Waals surface area (Å²) in [6, 6.07) is 13.3. The number of carbonyl (C=O) groups excluding carboxylic acids is 1. The number of amides is 1. The highest BCUT2D eigenvalue weighted by atomic mass is 19.1. The number of hydrogen-bond donors (Lipinski definition) is 2. The van der Waals surface area contributed by atoms with E-state index in [0.717, 1.165) is 16.7 Å². The van der Waals surface area contributed by atoms with E-state index in [4.69, 9.17) is 0 Å². The van der Waals surface area contributed by atoms with Gasteiger partial charge in [-0.05, 0) is 36.8 Å². The lowest BCUT2D eigenvalue weighted by Crippen LogP contribution is -2.17. The minimum absolute atomic E-state index is 0.294. The maximum atomic E-state index is 13.0. The molecule has 2 N–H and O–H groups in total. The Kier molecular flexibility index (Phi) is 4.47. The van der Waals surface area contributed by atoms with Crippen LogP contribution in [0.25, 0.3) is 11.1 Å². The van der Waals surface area contributed by atoms with E-state index >= 15 is 0 Å². The molecule has 1 amide bonds. The molecule has 2 aromatic carbocycles. The lowest BCUT2D eigenvalue weighted by Gasteiger charge is -2.01. The number of carbonyl (C=O) groups is 1. The van der Waals surface area contributed by atoms with Gasteiger partial charge in [0.05, 0.1) is 18.1 Å². The van der Waals surface area contributed by atoms with Crippen molar-refractivity contribution in [3.63, 3.8) is 0 Å². The van der Waals surface area contributed by atoms with Gasteiger partial charge in [-0.1, -0.05) is 29.8 Å². The summed E-state index contributed by atoms with van der Waals surface area (Å²) in [5.41, 5.74) is 6.20. The standard InChI is InChI=1S/C18H15FN4O/c1-12-3-2-4-14(9-12)18(24)23-21-11-17-16(10-20-22-17)13-5-7-15(19)8-6-13/h2-11H,1H3,(H,20,22)(H,23,24)/b21-11+. The van der Waals surface area contributed by atoms with E-state index in [1.54, 1.807) is 30.5 Å². The summed E-state index contributed by atoms with van der Waals surface area (Å²) >= 11 is 0. The minimum Gasteiger partial charge on any atom is -0.276 e. The molecule has 0 spiro atoms. The van der Waals surface area contributed by atoms with Crippen LogP contribution in [0, 0.1) is 12.7 Å². The summed E-state index contributed by atoms with van der Waals surface area (Å²) in [6.07, 6.45) is 3.09. The van der Waals surface area contributed by atoms with Crippen LogP contribution < -0.4 is 5.43 Å². The summed E-state index contributed by atoms with van der Waals surface area (Å²) < 4.78 is 13.0. The van der Waals surface area contributed by atoms with Crippen molar-refractivity contribution in [2.24, 2.45) is 5.10 Å². The number of aromatic nitrogens is 2. The van der Waals surface area contributed by atoms with Gasteiger partial charge in [0.15, 0.2) is 0 Å². The van der Waals surface area contributed by atoms with Gasteiger partial charge in [-0.3, -0.25) is 9.89 Å². The molecule has 0 unspecified atom stereocenters. The first-order valence-electron chi connectivity index (χ1n) is 7.33. The lowest BCUT2D eigenvalue weighted by molar-refractivity contribution is 0.0955. The van der Waals surface area contributed by atoms with E-state index in [1.807, 2.05) is 19.1 Å². The molecular weight excluding hydrogens is 307 g/mol. The molecule has 0 saturated carbocycles. The predicted molar refractivity (Wildman–Crippen MR) is 90.2 cm³/mol. The Morgan fingerprint density at radius 1 is 1.25 bits per heavy atom. The molecule has 3 aromatic rings. The fourth-order valence-electron chi connectivity index (χ4n) is 2.26. The van der Waals surface area contributed by atoms with Crippen molar-refractivity contribution < 1.29 is 9.18 Å². The monoisotopic (exact) mass is 322 g/mol. The third-order valence-electron chi connectivity index (χ3n) is 3.46. The van der Waals surface area contributed by atoms with E-state index in [1.165, 1.54) is 18.3 Å². The van der Waals surface area contributed by atoms with E-state index in [0.29, 0.717) is 11.3 Å². The molecule has 0 radical (unpaired) electrons. The quantitative estimate of drug-likeness (QED) is 0.571. The number of rotatable bonds is 4. The number of hydrazone groups is 1. The van der Waals surface area contributed by atoms with Gasteiger partial charge in [0.1, 0.15) is 5.82 Å². The molecule has 1 aromatic heterocycles. The van der Waals surface area contributed by atoms with Gasteiger partial charge >= 0.3 is 0 Å². The van der Waals surface area contributed by atoms with Crippen LogP contribution in [0.15, 0.2) is 59.8 Å². The summed E-state index contributed by atoms with van der Waals surface area (Å²) in [4.78, 5) is 12.0. The molecule has 3 rings (SSSR count). The highest BCUT2D eigenvalue weighted by molar-refractivity contribution is 5.95. The van der Waals surface area contributed by atoms with Crippen LogP contribution in [0.5, 0.6) is 0 Å². The minimum atomic E-state index is -0.303. The third-order valence-corrected chi connectivity index (χ3v) is 3.46. The van der Waals surface area contributed by atoms with Gasteiger partial charge in [0, 0.05) is 11.1 Å². The number of aryl methyl sites for hydroxylation is 1. The van der Waals surface area contributed by atoms with Gasteiger partial charge in [-0.2, -0.15) is 10.2 Å². The smallest absolute Gasteiger partial charge is 0.271 e. The molecule has 0 aliphatic rings. The maximum absolute atomic E-state index is 13.0. The molecule has 120 valence electrons. The van der Waals surface area contributed by atoms with Crippen LogP contribution in [0.4, 0.5) is 4.39 Å². The normalized spacial score (nSPS) is 10.9. The highest BCUT2D eigenvalue weighted by Crippen LogP contribution is 2.21. The summed E-state index contributed by atoms with van der Waals surface area (Å²) in [7, 11) is 0. The zero-order valence-corrected chi connectivity index (χ0v) is 13.0. The lowest BCUT2D eigenvalue weighted by atomic mass is 10.1. The van der Waals surface area contributed by atoms with Crippen molar-refractivity contribution in [3.8, 4) is 11.1 Å². The van der Waals surface area contributed by atoms with Crippen molar-refractivity contribution in [3.05, 3.63) is 77.4 Å². The van der Waals surface area contributed by atoms with Crippen LogP contribution in [-0.2, 0) is 0 Å². The topological polar surface area (TPSA) is 70.1 Å². The summed E-state index contributed by atoms with van der Waals surface area (Å²) in [6.45, 7) is 1.92. The molecule has 0 aliphatic carbocycles. The number of H-pyrrole nitrogens is 1. The van der Waals surface area contributed by atoms with Crippen LogP contribution in [-0.4, -0.2) is 22.3 Å². The van der Waals surface area contributed by atoms with Gasteiger partial charge < -0.3 is 0 Å². The molecule has 0 fully saturated rings. The van der Waals surface area contributed by atoms with Crippen molar-refractivity contribution in [1.29, 1.82) is 0 Å². The molecule has 0 bridgehead atoms. The molecular formula is C18H15FN4O. The average Bonchev–Trinajstić information content (AvgIpc) is 3.04. The fourth-order valence-corrected chi connectivity index (χ4v) is 2.26. The van der Waals surface area contributed by atoms with E-state index < -0.39 is 0 Å². The zero-order chi connectivity index (χ0) is 16.9. The zero-order valence-electron chi connectivity index (χ0n) is 13.0. The van der Waals surface area contributed by atoms with E-state index in [2.05, 4.69) is 20.7 Å². The molecule has 5 nitrogen and oxygen atoms in total. The van der Waals surface area contributed by atoms with Gasteiger partial charge in [0.25, 0.3) is 5.91 Å². The summed E-state index contributed by atoms with van der Waals surface area (Å²) in [5.74, 6) is -0.597. The Bertz CT molecular complexity index is 884. The van der Waals surface area contributed by atoms with Gasteiger partial charge in [-0.15, -0.1) is 0 Å². The molecule has 24 heavy (non-hydrogen) atoms. The van der Waals surface area contributed by atoms with Crippen LogP contribution in [0.2, 0.25) is 0 Å². The Morgan fingerprint density at radius 3 is 2.79 bits per heavy atom. The summed E-state index contributed by atoms with van der Waals surface area (Å²) in [5, 5.41) is 10.7. The molecule has 0 aliphatic heterocycles. The number of hydrogen-bond acceptors (Lipinski definition) is 3. The number of aromatic amines is 1. The Hall–Kier alpha value is -3.28. The first-order chi connectivity index (χ1) is 11.6. The maximum Gasteiger partial charge on any atom is 0.271 e. The van der Waals surface area contributed by atoms with Crippen LogP contribution in [0.1, 0.15) is 21.6 Å². The van der Waals surface area contributed by atoms with Crippen molar-refractivity contribution in [2.75, 3.05) is 0 Å². The Balaban J connectivity index is 1.73. The van der Waals surface area contributed by atoms with Crippen molar-refractivity contribution in [2.45, 2.75) is 6.92 Å². The second kappa shape index (κ2) is 6.87. The second-order valence-electron chi connectivity index (χ2n) is 5.27. The number of halogens is 1. The van der Waals surface area contributed by atoms with Gasteiger partial charge in [0.2, 0.25) is 0 Å². The predicted octanol–water partition coefficient (Wildman–Crippen LogP) is 3.29. The van der Waals surface area contributed by atoms with Gasteiger partial charge in [-0.25, -0.2) is 9.82 Å². The number of nitrogens with one attached hydrogen (secondary N) is 2. The van der Waals surface area contributed by atoms with E-state index in [-0.39, 0.29) is 11.7 Å².